The second-order valence-electron chi connectivity index (χ2n) is 4.61. The first-order valence-corrected chi connectivity index (χ1v) is 5.51. The SMILES string of the molecule is C#CC(C)NC(=O)C(C)(C)c1ccc(N)cc1. The fourth-order valence-electron chi connectivity index (χ4n) is 1.45. The average Bonchev–Trinajstić information content (AvgIpc) is 2.29. The number of hydrogen-bond donors (Lipinski definition) is 2. The topological polar surface area (TPSA) is 55.1 Å². The molecule has 1 aromatic carbocycles. The molecular weight excluding hydrogens is 212 g/mol. The van der Waals surface area contributed by atoms with Gasteiger partial charge in [0.1, 0.15) is 0 Å². The summed E-state index contributed by atoms with van der Waals surface area (Å²) in [5, 5.41) is 2.78. The van der Waals surface area contributed by atoms with E-state index in [0.717, 1.165) is 5.56 Å². The smallest absolute Gasteiger partial charge is 0.231 e. The van der Waals surface area contributed by atoms with E-state index < -0.39 is 5.41 Å². The Morgan fingerprint density at radius 2 is 1.94 bits per heavy atom. The maximum atomic E-state index is 12.1. The van der Waals surface area contributed by atoms with Crippen LogP contribution < -0.4 is 11.1 Å². The lowest BCUT2D eigenvalue weighted by molar-refractivity contribution is -0.125. The molecule has 0 spiro atoms. The zero-order valence-corrected chi connectivity index (χ0v) is 10.4. The number of carbonyl (C=O) groups is 1. The maximum absolute atomic E-state index is 12.1. The summed E-state index contributed by atoms with van der Waals surface area (Å²) in [5.41, 5.74) is 6.59. The van der Waals surface area contributed by atoms with Gasteiger partial charge in [0, 0.05) is 5.69 Å². The van der Waals surface area contributed by atoms with Gasteiger partial charge < -0.3 is 11.1 Å². The molecule has 1 atom stereocenters. The molecule has 0 saturated heterocycles. The summed E-state index contributed by atoms with van der Waals surface area (Å²) in [6, 6.07) is 7.02. The second kappa shape index (κ2) is 4.92. The number of carbonyl (C=O) groups excluding carboxylic acids is 1. The van der Waals surface area contributed by atoms with Crippen molar-refractivity contribution in [2.75, 3.05) is 5.73 Å². The zero-order chi connectivity index (χ0) is 13.1. The van der Waals surface area contributed by atoms with Crippen LogP contribution in [0.1, 0.15) is 26.3 Å². The molecule has 0 radical (unpaired) electrons. The molecule has 0 aliphatic rings. The number of nitrogens with two attached hydrogens (primary N) is 1. The van der Waals surface area contributed by atoms with Gasteiger partial charge in [-0.2, -0.15) is 0 Å². The van der Waals surface area contributed by atoms with Gasteiger partial charge in [0.15, 0.2) is 0 Å². The molecule has 1 unspecified atom stereocenters. The third kappa shape index (κ3) is 3.01. The lowest BCUT2D eigenvalue weighted by atomic mass is 9.83. The Balaban J connectivity index is 2.91. The van der Waals surface area contributed by atoms with E-state index in [1.54, 1.807) is 19.1 Å². The van der Waals surface area contributed by atoms with E-state index in [1.165, 1.54) is 0 Å². The highest BCUT2D eigenvalue weighted by Gasteiger charge is 2.30. The Morgan fingerprint density at radius 1 is 1.41 bits per heavy atom. The summed E-state index contributed by atoms with van der Waals surface area (Å²) in [7, 11) is 0. The molecule has 0 saturated carbocycles. The summed E-state index contributed by atoms with van der Waals surface area (Å²) in [5.74, 6) is 2.39. The Bertz CT molecular complexity index is 440. The standard InChI is InChI=1S/C14H18N2O/c1-5-10(2)16-13(17)14(3,4)11-6-8-12(15)9-7-11/h1,6-10H,15H2,2-4H3,(H,16,17). The molecule has 0 aliphatic heterocycles. The number of hydrogen-bond acceptors (Lipinski definition) is 2. The second-order valence-corrected chi connectivity index (χ2v) is 4.61. The fraction of sp³-hybridized carbons (Fsp3) is 0.357. The fourth-order valence-corrected chi connectivity index (χ4v) is 1.45. The molecule has 1 amide bonds. The van der Waals surface area contributed by atoms with Gasteiger partial charge in [-0.05, 0) is 38.5 Å². The molecule has 0 bridgehead atoms. The largest absolute Gasteiger partial charge is 0.399 e. The van der Waals surface area contributed by atoms with E-state index in [-0.39, 0.29) is 11.9 Å². The van der Waals surface area contributed by atoms with Gasteiger partial charge in [-0.15, -0.1) is 6.42 Å². The van der Waals surface area contributed by atoms with E-state index in [4.69, 9.17) is 12.2 Å². The van der Waals surface area contributed by atoms with E-state index in [1.807, 2.05) is 26.0 Å². The van der Waals surface area contributed by atoms with Crippen molar-refractivity contribution in [1.29, 1.82) is 0 Å². The summed E-state index contributed by atoms with van der Waals surface area (Å²) in [6.45, 7) is 5.49. The maximum Gasteiger partial charge on any atom is 0.231 e. The molecule has 1 aromatic rings. The Morgan fingerprint density at radius 3 is 2.41 bits per heavy atom. The minimum Gasteiger partial charge on any atom is -0.399 e. The van der Waals surface area contributed by atoms with Gasteiger partial charge in [0.2, 0.25) is 5.91 Å². The van der Waals surface area contributed by atoms with Gasteiger partial charge in [0.25, 0.3) is 0 Å². The van der Waals surface area contributed by atoms with Crippen molar-refractivity contribution in [3.05, 3.63) is 29.8 Å². The van der Waals surface area contributed by atoms with E-state index in [0.29, 0.717) is 5.69 Å². The lowest BCUT2D eigenvalue weighted by Gasteiger charge is -2.25. The minimum absolute atomic E-state index is 0.0901. The average molecular weight is 230 g/mol. The highest BCUT2D eigenvalue weighted by atomic mass is 16.2. The molecule has 1 rings (SSSR count). The van der Waals surface area contributed by atoms with Crippen LogP contribution in [-0.2, 0) is 10.2 Å². The van der Waals surface area contributed by atoms with Gasteiger partial charge >= 0.3 is 0 Å². The summed E-state index contributed by atoms with van der Waals surface area (Å²) < 4.78 is 0. The molecule has 3 nitrogen and oxygen atoms in total. The summed E-state index contributed by atoms with van der Waals surface area (Å²) >= 11 is 0. The van der Waals surface area contributed by atoms with Crippen LogP contribution in [0.15, 0.2) is 24.3 Å². The third-order valence-electron chi connectivity index (χ3n) is 2.80. The Hall–Kier alpha value is -1.95. The van der Waals surface area contributed by atoms with Crippen LogP contribution in [0.2, 0.25) is 0 Å². The first-order valence-electron chi connectivity index (χ1n) is 5.51. The van der Waals surface area contributed by atoms with Crippen LogP contribution >= 0.6 is 0 Å². The quantitative estimate of drug-likeness (QED) is 0.613. The summed E-state index contributed by atoms with van der Waals surface area (Å²) in [4.78, 5) is 12.1. The van der Waals surface area contributed by atoms with Crippen molar-refractivity contribution < 1.29 is 4.79 Å². The van der Waals surface area contributed by atoms with Crippen molar-refractivity contribution in [2.24, 2.45) is 0 Å². The molecule has 0 aromatic heterocycles. The molecule has 0 fully saturated rings. The van der Waals surface area contributed by atoms with Crippen LogP contribution in [0.4, 0.5) is 5.69 Å². The van der Waals surface area contributed by atoms with Crippen LogP contribution in [0.3, 0.4) is 0 Å². The number of nitrogens with one attached hydrogen (secondary N) is 1. The molecule has 17 heavy (non-hydrogen) atoms. The highest BCUT2D eigenvalue weighted by Crippen LogP contribution is 2.24. The molecular formula is C14H18N2O. The number of nitrogen functional groups attached to an aromatic ring is 1. The van der Waals surface area contributed by atoms with E-state index >= 15 is 0 Å². The predicted molar refractivity (Wildman–Crippen MR) is 70.3 cm³/mol. The van der Waals surface area contributed by atoms with Gasteiger partial charge in [-0.25, -0.2) is 0 Å². The van der Waals surface area contributed by atoms with Crippen molar-refractivity contribution in [3.63, 3.8) is 0 Å². The van der Waals surface area contributed by atoms with Crippen molar-refractivity contribution in [3.8, 4) is 12.3 Å². The van der Waals surface area contributed by atoms with E-state index in [9.17, 15) is 4.79 Å². The predicted octanol–water partition coefficient (Wildman–Crippen LogP) is 1.68. The number of rotatable bonds is 3. The molecule has 3 heteroatoms. The Labute approximate surface area is 102 Å². The van der Waals surface area contributed by atoms with Crippen molar-refractivity contribution >= 4 is 11.6 Å². The number of amides is 1. The van der Waals surface area contributed by atoms with Gasteiger partial charge in [0.05, 0.1) is 11.5 Å². The van der Waals surface area contributed by atoms with Gasteiger partial charge in [-0.3, -0.25) is 4.79 Å². The van der Waals surface area contributed by atoms with Crippen molar-refractivity contribution in [2.45, 2.75) is 32.2 Å². The first-order chi connectivity index (χ1) is 7.87. The van der Waals surface area contributed by atoms with E-state index in [2.05, 4.69) is 11.2 Å². The number of benzene rings is 1. The molecule has 90 valence electrons. The zero-order valence-electron chi connectivity index (χ0n) is 10.4. The number of anilines is 1. The molecule has 0 aliphatic carbocycles. The monoisotopic (exact) mass is 230 g/mol. The number of terminal acetylenes is 1. The first kappa shape index (κ1) is 13.1. The Kier molecular flexibility index (Phi) is 3.80. The van der Waals surface area contributed by atoms with Crippen LogP contribution in [0, 0.1) is 12.3 Å². The van der Waals surface area contributed by atoms with Crippen molar-refractivity contribution in [1.82, 2.24) is 5.32 Å². The van der Waals surface area contributed by atoms with Gasteiger partial charge in [-0.1, -0.05) is 18.1 Å². The van der Waals surface area contributed by atoms with Crippen LogP contribution in [-0.4, -0.2) is 11.9 Å². The third-order valence-corrected chi connectivity index (χ3v) is 2.80. The highest BCUT2D eigenvalue weighted by molar-refractivity contribution is 5.87. The minimum atomic E-state index is -0.626. The summed E-state index contributed by atoms with van der Waals surface area (Å²) in [6.07, 6.45) is 5.24. The normalized spacial score (nSPS) is 12.6. The van der Waals surface area contributed by atoms with Crippen LogP contribution in [0.25, 0.3) is 0 Å². The molecule has 3 N–H and O–H groups in total. The molecule has 0 heterocycles. The van der Waals surface area contributed by atoms with Crippen LogP contribution in [0.5, 0.6) is 0 Å². The lowest BCUT2D eigenvalue weighted by Crippen LogP contribution is -2.43.